The number of amides is 1. The van der Waals surface area contributed by atoms with E-state index in [9.17, 15) is 9.90 Å². The number of carbonyl (C=O) groups is 1. The zero-order chi connectivity index (χ0) is 15.4. The van der Waals surface area contributed by atoms with Crippen LogP contribution in [0.2, 0.25) is 0 Å². The van der Waals surface area contributed by atoms with Crippen LogP contribution in [0.25, 0.3) is 0 Å². The fraction of sp³-hybridized carbons (Fsp3) is 0.588. The number of anilines is 1. The first-order valence-electron chi connectivity index (χ1n) is 8.24. The van der Waals surface area contributed by atoms with Crippen molar-refractivity contribution in [3.8, 4) is 5.75 Å². The number of phenolic OH excluding ortho intramolecular Hbond substituents is 1. The highest BCUT2D eigenvalue weighted by molar-refractivity contribution is 5.78. The van der Waals surface area contributed by atoms with E-state index in [4.69, 9.17) is 0 Å². The van der Waals surface area contributed by atoms with Crippen LogP contribution in [-0.4, -0.2) is 55.2 Å². The van der Waals surface area contributed by atoms with E-state index < -0.39 is 0 Å². The Bertz CT molecular complexity index is 508. The molecule has 3 rings (SSSR count). The number of nitrogens with one attached hydrogen (secondary N) is 1. The van der Waals surface area contributed by atoms with E-state index in [0.717, 1.165) is 38.4 Å². The summed E-state index contributed by atoms with van der Waals surface area (Å²) in [6, 6.07) is 7.43. The van der Waals surface area contributed by atoms with Gasteiger partial charge in [-0.2, -0.15) is 0 Å². The molecule has 1 saturated carbocycles. The molecular formula is C17H25N3O2. The lowest BCUT2D eigenvalue weighted by atomic mass is 9.85. The highest BCUT2D eigenvalue weighted by atomic mass is 16.3. The largest absolute Gasteiger partial charge is 0.506 e. The van der Waals surface area contributed by atoms with Gasteiger partial charge in [0.25, 0.3) is 0 Å². The van der Waals surface area contributed by atoms with Crippen molar-refractivity contribution in [2.45, 2.75) is 19.3 Å². The van der Waals surface area contributed by atoms with Crippen LogP contribution in [-0.2, 0) is 4.79 Å². The maximum atomic E-state index is 12.0. The smallest absolute Gasteiger partial charge is 0.234 e. The van der Waals surface area contributed by atoms with Crippen LogP contribution >= 0.6 is 0 Å². The Hall–Kier alpha value is -1.75. The second-order valence-corrected chi connectivity index (χ2v) is 6.35. The molecule has 2 N–H and O–H groups in total. The molecule has 0 unspecified atom stereocenters. The third-order valence-corrected chi connectivity index (χ3v) is 4.77. The molecule has 1 aliphatic carbocycles. The zero-order valence-corrected chi connectivity index (χ0v) is 13.0. The lowest BCUT2D eigenvalue weighted by Crippen LogP contribution is -2.50. The van der Waals surface area contributed by atoms with Crippen molar-refractivity contribution in [3.05, 3.63) is 24.3 Å². The molecule has 0 bridgehead atoms. The van der Waals surface area contributed by atoms with Crippen LogP contribution in [0.15, 0.2) is 24.3 Å². The Morgan fingerprint density at radius 1 is 1.18 bits per heavy atom. The van der Waals surface area contributed by atoms with Gasteiger partial charge in [0, 0.05) is 32.7 Å². The van der Waals surface area contributed by atoms with Crippen molar-refractivity contribution in [3.63, 3.8) is 0 Å². The van der Waals surface area contributed by atoms with E-state index in [1.807, 2.05) is 18.2 Å². The first-order chi connectivity index (χ1) is 10.7. The van der Waals surface area contributed by atoms with Crippen LogP contribution in [0, 0.1) is 5.92 Å². The number of para-hydroxylation sites is 2. The van der Waals surface area contributed by atoms with Gasteiger partial charge in [-0.1, -0.05) is 18.6 Å². The first-order valence-corrected chi connectivity index (χ1v) is 8.24. The minimum atomic E-state index is 0.142. The third-order valence-electron chi connectivity index (χ3n) is 4.77. The number of benzene rings is 1. The molecule has 1 aliphatic heterocycles. The van der Waals surface area contributed by atoms with E-state index in [-0.39, 0.29) is 5.91 Å². The monoisotopic (exact) mass is 303 g/mol. The van der Waals surface area contributed by atoms with E-state index >= 15 is 0 Å². The molecule has 0 radical (unpaired) electrons. The van der Waals surface area contributed by atoms with Gasteiger partial charge in [-0.3, -0.25) is 9.69 Å². The Labute approximate surface area is 131 Å². The van der Waals surface area contributed by atoms with Gasteiger partial charge in [0.1, 0.15) is 5.75 Å². The molecule has 1 aromatic rings. The normalized spacial score (nSPS) is 19.7. The molecule has 5 nitrogen and oxygen atoms in total. The quantitative estimate of drug-likeness (QED) is 0.864. The summed E-state index contributed by atoms with van der Waals surface area (Å²) in [6.07, 6.45) is 3.84. The van der Waals surface area contributed by atoms with Crippen LogP contribution in [0.4, 0.5) is 5.69 Å². The van der Waals surface area contributed by atoms with Gasteiger partial charge in [-0.05, 0) is 30.9 Å². The van der Waals surface area contributed by atoms with Crippen molar-refractivity contribution in [2.24, 2.45) is 5.92 Å². The van der Waals surface area contributed by atoms with Crippen molar-refractivity contribution in [2.75, 3.05) is 44.2 Å². The van der Waals surface area contributed by atoms with E-state index in [0.29, 0.717) is 18.2 Å². The van der Waals surface area contributed by atoms with Crippen LogP contribution in [0.3, 0.4) is 0 Å². The molecule has 1 saturated heterocycles. The van der Waals surface area contributed by atoms with E-state index in [1.54, 1.807) is 6.07 Å². The third kappa shape index (κ3) is 3.71. The Morgan fingerprint density at radius 3 is 2.55 bits per heavy atom. The molecule has 22 heavy (non-hydrogen) atoms. The van der Waals surface area contributed by atoms with Crippen LogP contribution < -0.4 is 10.2 Å². The Balaban J connectivity index is 1.41. The topological polar surface area (TPSA) is 55.8 Å². The zero-order valence-electron chi connectivity index (χ0n) is 13.0. The number of aromatic hydroxyl groups is 1. The summed E-state index contributed by atoms with van der Waals surface area (Å²) in [4.78, 5) is 16.3. The van der Waals surface area contributed by atoms with Crippen molar-refractivity contribution in [1.82, 2.24) is 10.2 Å². The SMILES string of the molecule is O=C(CN1CCN(c2ccccc2O)CC1)NCC1CCC1. The summed E-state index contributed by atoms with van der Waals surface area (Å²) < 4.78 is 0. The van der Waals surface area contributed by atoms with Gasteiger partial charge in [-0.25, -0.2) is 0 Å². The molecular weight excluding hydrogens is 278 g/mol. The summed E-state index contributed by atoms with van der Waals surface area (Å²) in [5.74, 6) is 1.18. The Kier molecular flexibility index (Phi) is 4.83. The standard InChI is InChI=1S/C17H25N3O2/c21-16-7-2-1-6-15(16)20-10-8-19(9-11-20)13-17(22)18-12-14-4-3-5-14/h1-2,6-7,14,21H,3-5,8-13H2,(H,18,22). The number of piperazine rings is 1. The molecule has 2 aliphatic rings. The van der Waals surface area contributed by atoms with Gasteiger partial charge in [-0.15, -0.1) is 0 Å². The summed E-state index contributed by atoms with van der Waals surface area (Å²) in [5.41, 5.74) is 0.886. The van der Waals surface area contributed by atoms with Crippen LogP contribution in [0.5, 0.6) is 5.75 Å². The van der Waals surface area contributed by atoms with E-state index in [1.165, 1.54) is 19.3 Å². The van der Waals surface area contributed by atoms with Crippen molar-refractivity contribution < 1.29 is 9.90 Å². The lowest BCUT2D eigenvalue weighted by Gasteiger charge is -2.36. The number of rotatable bonds is 5. The van der Waals surface area contributed by atoms with Gasteiger partial charge in [0.15, 0.2) is 0 Å². The van der Waals surface area contributed by atoms with E-state index in [2.05, 4.69) is 15.1 Å². The first kappa shape index (κ1) is 15.2. The van der Waals surface area contributed by atoms with Crippen molar-refractivity contribution in [1.29, 1.82) is 0 Å². The molecule has 1 heterocycles. The second-order valence-electron chi connectivity index (χ2n) is 6.35. The molecule has 1 aromatic carbocycles. The highest BCUT2D eigenvalue weighted by Crippen LogP contribution is 2.27. The van der Waals surface area contributed by atoms with Gasteiger partial charge >= 0.3 is 0 Å². The number of hydrogen-bond donors (Lipinski definition) is 2. The second kappa shape index (κ2) is 7.01. The maximum absolute atomic E-state index is 12.0. The molecule has 1 amide bonds. The summed E-state index contributed by atoms with van der Waals surface area (Å²) >= 11 is 0. The highest BCUT2D eigenvalue weighted by Gasteiger charge is 2.22. The molecule has 0 aromatic heterocycles. The Morgan fingerprint density at radius 2 is 1.91 bits per heavy atom. The molecule has 5 heteroatoms. The number of hydrogen-bond acceptors (Lipinski definition) is 4. The number of phenols is 1. The predicted octanol–water partition coefficient (Wildman–Crippen LogP) is 1.43. The molecule has 2 fully saturated rings. The predicted molar refractivity (Wildman–Crippen MR) is 87.1 cm³/mol. The maximum Gasteiger partial charge on any atom is 0.234 e. The summed E-state index contributed by atoms with van der Waals surface area (Å²) in [6.45, 7) is 4.72. The minimum absolute atomic E-state index is 0.142. The van der Waals surface area contributed by atoms with Crippen molar-refractivity contribution >= 4 is 11.6 Å². The fourth-order valence-corrected chi connectivity index (χ4v) is 3.09. The number of nitrogens with zero attached hydrogens (tertiary/aromatic N) is 2. The van der Waals surface area contributed by atoms with Gasteiger partial charge in [0.05, 0.1) is 12.2 Å². The minimum Gasteiger partial charge on any atom is -0.506 e. The summed E-state index contributed by atoms with van der Waals surface area (Å²) in [5, 5.41) is 13.0. The van der Waals surface area contributed by atoms with Gasteiger partial charge in [0.2, 0.25) is 5.91 Å². The number of carbonyl (C=O) groups excluding carboxylic acids is 1. The summed E-state index contributed by atoms with van der Waals surface area (Å²) in [7, 11) is 0. The average molecular weight is 303 g/mol. The van der Waals surface area contributed by atoms with Gasteiger partial charge < -0.3 is 15.3 Å². The lowest BCUT2D eigenvalue weighted by molar-refractivity contribution is -0.122. The molecule has 120 valence electrons. The molecule has 0 spiro atoms. The average Bonchev–Trinajstić information content (AvgIpc) is 2.47. The fourth-order valence-electron chi connectivity index (χ4n) is 3.09. The van der Waals surface area contributed by atoms with Crippen LogP contribution in [0.1, 0.15) is 19.3 Å². The molecule has 0 atom stereocenters.